The maximum atomic E-state index is 12.4. The second-order valence-electron chi connectivity index (χ2n) is 6.87. The number of urea groups is 1. The minimum atomic E-state index is -0.599. The molecule has 0 saturated carbocycles. The molecule has 1 aromatic carbocycles. The molecule has 27 heavy (non-hydrogen) atoms. The van der Waals surface area contributed by atoms with Gasteiger partial charge < -0.3 is 10.2 Å². The number of hydrogen-bond donors (Lipinski definition) is 1. The summed E-state index contributed by atoms with van der Waals surface area (Å²) in [6.45, 7) is 3.26. The number of imide groups is 1. The van der Waals surface area contributed by atoms with Gasteiger partial charge >= 0.3 is 6.03 Å². The normalized spacial score (nSPS) is 19.2. The standard InChI is InChI=1S/C18H22N4O5/c1-12-5-2-3-9-20(12)18(25)19-8-4-10-21-16(23)14-7-6-13(22(26)27)11-15(14)17(21)24/h6-7,11-12H,2-5,8-10H2,1H3,(H,19,25). The van der Waals surface area contributed by atoms with E-state index < -0.39 is 16.7 Å². The Kier molecular flexibility index (Phi) is 5.38. The molecule has 1 fully saturated rings. The minimum absolute atomic E-state index is 0.0559. The van der Waals surface area contributed by atoms with Crippen LogP contribution in [0.1, 0.15) is 53.3 Å². The van der Waals surface area contributed by atoms with E-state index in [9.17, 15) is 24.5 Å². The number of piperidine rings is 1. The van der Waals surface area contributed by atoms with E-state index in [-0.39, 0.29) is 35.4 Å². The lowest BCUT2D eigenvalue weighted by Gasteiger charge is -2.33. The lowest BCUT2D eigenvalue weighted by atomic mass is 10.0. The van der Waals surface area contributed by atoms with Gasteiger partial charge in [-0.05, 0) is 38.7 Å². The molecule has 2 heterocycles. The number of benzene rings is 1. The number of rotatable bonds is 5. The van der Waals surface area contributed by atoms with Crippen molar-refractivity contribution in [1.82, 2.24) is 15.1 Å². The van der Waals surface area contributed by atoms with Crippen LogP contribution in [0.5, 0.6) is 0 Å². The first-order valence-electron chi connectivity index (χ1n) is 9.09. The Morgan fingerprint density at radius 3 is 2.70 bits per heavy atom. The van der Waals surface area contributed by atoms with Crippen LogP contribution in [-0.4, -0.2) is 58.2 Å². The highest BCUT2D eigenvalue weighted by Crippen LogP contribution is 2.26. The number of nitrogens with zero attached hydrogens (tertiary/aromatic N) is 3. The Hall–Kier alpha value is -2.97. The van der Waals surface area contributed by atoms with E-state index in [0.717, 1.165) is 36.8 Å². The van der Waals surface area contributed by atoms with Crippen molar-refractivity contribution in [1.29, 1.82) is 0 Å². The molecule has 1 atom stereocenters. The molecule has 4 amide bonds. The van der Waals surface area contributed by atoms with Gasteiger partial charge in [-0.25, -0.2) is 4.79 Å². The predicted octanol–water partition coefficient (Wildman–Crippen LogP) is 2.16. The van der Waals surface area contributed by atoms with Crippen LogP contribution >= 0.6 is 0 Å². The molecule has 2 aliphatic heterocycles. The third-order valence-corrected chi connectivity index (χ3v) is 5.06. The number of non-ortho nitro benzene ring substituents is 1. The van der Waals surface area contributed by atoms with Gasteiger partial charge in [0.25, 0.3) is 17.5 Å². The Morgan fingerprint density at radius 1 is 1.26 bits per heavy atom. The number of likely N-dealkylation sites (tertiary alicyclic amines) is 1. The number of carbonyl (C=O) groups is 3. The van der Waals surface area contributed by atoms with Crippen molar-refractivity contribution in [2.75, 3.05) is 19.6 Å². The van der Waals surface area contributed by atoms with E-state index >= 15 is 0 Å². The zero-order valence-electron chi connectivity index (χ0n) is 15.1. The first-order valence-corrected chi connectivity index (χ1v) is 9.09. The van der Waals surface area contributed by atoms with E-state index in [1.165, 1.54) is 12.1 Å². The monoisotopic (exact) mass is 374 g/mol. The van der Waals surface area contributed by atoms with Gasteiger partial charge in [-0.3, -0.25) is 24.6 Å². The minimum Gasteiger partial charge on any atom is -0.338 e. The number of amides is 4. The summed E-state index contributed by atoms with van der Waals surface area (Å²) < 4.78 is 0. The fourth-order valence-electron chi connectivity index (χ4n) is 3.53. The van der Waals surface area contributed by atoms with Crippen molar-refractivity contribution in [2.45, 2.75) is 38.6 Å². The summed E-state index contributed by atoms with van der Waals surface area (Å²) in [5.74, 6) is -0.990. The molecule has 2 aliphatic rings. The smallest absolute Gasteiger partial charge is 0.317 e. The number of nitro benzene ring substituents is 1. The molecule has 0 spiro atoms. The van der Waals surface area contributed by atoms with Crippen molar-refractivity contribution in [3.05, 3.63) is 39.4 Å². The van der Waals surface area contributed by atoms with E-state index in [2.05, 4.69) is 5.32 Å². The number of hydrogen-bond acceptors (Lipinski definition) is 5. The zero-order chi connectivity index (χ0) is 19.6. The van der Waals surface area contributed by atoms with Crippen LogP contribution in [0.25, 0.3) is 0 Å². The molecule has 144 valence electrons. The first kappa shape index (κ1) is 18.8. The van der Waals surface area contributed by atoms with Crippen molar-refractivity contribution in [3.63, 3.8) is 0 Å². The second-order valence-corrected chi connectivity index (χ2v) is 6.87. The molecule has 0 radical (unpaired) electrons. The van der Waals surface area contributed by atoms with Crippen LogP contribution in [-0.2, 0) is 0 Å². The lowest BCUT2D eigenvalue weighted by Crippen LogP contribution is -2.48. The highest BCUT2D eigenvalue weighted by atomic mass is 16.6. The third-order valence-electron chi connectivity index (χ3n) is 5.06. The van der Waals surface area contributed by atoms with Crippen LogP contribution in [0.4, 0.5) is 10.5 Å². The molecule has 3 rings (SSSR count). The van der Waals surface area contributed by atoms with Crippen LogP contribution in [0, 0.1) is 10.1 Å². The number of nitrogens with one attached hydrogen (secondary N) is 1. The Labute approximate surface area is 156 Å². The molecule has 1 saturated heterocycles. The van der Waals surface area contributed by atoms with Crippen LogP contribution in [0.15, 0.2) is 18.2 Å². The molecular formula is C18H22N4O5. The number of carbonyl (C=O) groups excluding carboxylic acids is 3. The van der Waals surface area contributed by atoms with E-state index in [1.54, 1.807) is 0 Å². The van der Waals surface area contributed by atoms with E-state index in [1.807, 2.05) is 11.8 Å². The Morgan fingerprint density at radius 2 is 2.00 bits per heavy atom. The summed E-state index contributed by atoms with van der Waals surface area (Å²) in [6, 6.07) is 3.75. The lowest BCUT2D eigenvalue weighted by molar-refractivity contribution is -0.384. The summed E-state index contributed by atoms with van der Waals surface area (Å²) in [4.78, 5) is 50.1. The topological polar surface area (TPSA) is 113 Å². The molecule has 9 heteroatoms. The van der Waals surface area contributed by atoms with Crippen molar-refractivity contribution >= 4 is 23.5 Å². The van der Waals surface area contributed by atoms with Gasteiger partial charge in [0.05, 0.1) is 16.1 Å². The van der Waals surface area contributed by atoms with E-state index in [0.29, 0.717) is 13.0 Å². The zero-order valence-corrected chi connectivity index (χ0v) is 15.1. The maximum absolute atomic E-state index is 12.4. The Bertz CT molecular complexity index is 794. The summed E-state index contributed by atoms with van der Waals surface area (Å²) in [7, 11) is 0. The van der Waals surface area contributed by atoms with Gasteiger partial charge in [0, 0.05) is 37.8 Å². The average molecular weight is 374 g/mol. The second kappa shape index (κ2) is 7.73. The van der Waals surface area contributed by atoms with Crippen LogP contribution in [0.2, 0.25) is 0 Å². The largest absolute Gasteiger partial charge is 0.338 e. The quantitative estimate of drug-likeness (QED) is 0.367. The molecule has 9 nitrogen and oxygen atoms in total. The van der Waals surface area contributed by atoms with Gasteiger partial charge in [-0.15, -0.1) is 0 Å². The number of fused-ring (bicyclic) bond motifs is 1. The van der Waals surface area contributed by atoms with Crippen molar-refractivity contribution < 1.29 is 19.3 Å². The average Bonchev–Trinajstić information content (AvgIpc) is 2.89. The fourth-order valence-corrected chi connectivity index (χ4v) is 3.53. The van der Waals surface area contributed by atoms with Gasteiger partial charge in [0.15, 0.2) is 0 Å². The molecule has 1 unspecified atom stereocenters. The van der Waals surface area contributed by atoms with E-state index in [4.69, 9.17) is 0 Å². The van der Waals surface area contributed by atoms with Crippen LogP contribution < -0.4 is 5.32 Å². The maximum Gasteiger partial charge on any atom is 0.317 e. The number of nitro groups is 1. The summed E-state index contributed by atoms with van der Waals surface area (Å²) >= 11 is 0. The van der Waals surface area contributed by atoms with Gasteiger partial charge in [0.1, 0.15) is 0 Å². The molecule has 1 N–H and O–H groups in total. The van der Waals surface area contributed by atoms with Gasteiger partial charge in [-0.2, -0.15) is 0 Å². The van der Waals surface area contributed by atoms with Crippen molar-refractivity contribution in [3.8, 4) is 0 Å². The molecule has 0 aliphatic carbocycles. The summed E-state index contributed by atoms with van der Waals surface area (Å²) in [5.41, 5.74) is 0.0109. The summed E-state index contributed by atoms with van der Waals surface area (Å²) in [6.07, 6.45) is 3.54. The summed E-state index contributed by atoms with van der Waals surface area (Å²) in [5, 5.41) is 13.7. The Balaban J connectivity index is 1.53. The SMILES string of the molecule is CC1CCCCN1C(=O)NCCCN1C(=O)c2ccc([N+](=O)[O-])cc2C1=O. The molecule has 0 aromatic heterocycles. The predicted molar refractivity (Wildman–Crippen MR) is 96.5 cm³/mol. The molecule has 0 bridgehead atoms. The van der Waals surface area contributed by atoms with Gasteiger partial charge in [-0.1, -0.05) is 0 Å². The first-order chi connectivity index (χ1) is 12.9. The highest BCUT2D eigenvalue weighted by molar-refractivity contribution is 6.21. The fraction of sp³-hybridized carbons (Fsp3) is 0.500. The van der Waals surface area contributed by atoms with Gasteiger partial charge in [0.2, 0.25) is 0 Å². The highest BCUT2D eigenvalue weighted by Gasteiger charge is 2.36. The third kappa shape index (κ3) is 3.76. The molecule has 1 aromatic rings. The molecular weight excluding hydrogens is 352 g/mol. The van der Waals surface area contributed by atoms with Crippen molar-refractivity contribution in [2.24, 2.45) is 0 Å². The van der Waals surface area contributed by atoms with Crippen LogP contribution in [0.3, 0.4) is 0 Å².